The van der Waals surface area contributed by atoms with Gasteiger partial charge < -0.3 is 14.0 Å². The summed E-state index contributed by atoms with van der Waals surface area (Å²) in [4.78, 5) is 18.6. The molecule has 1 aromatic carbocycles. The minimum atomic E-state index is -0.541. The predicted octanol–water partition coefficient (Wildman–Crippen LogP) is 4.21. The minimum absolute atomic E-state index is 0.259. The lowest BCUT2D eigenvalue weighted by Gasteiger charge is -2.26. The van der Waals surface area contributed by atoms with Crippen LogP contribution in [0.2, 0.25) is 0 Å². The van der Waals surface area contributed by atoms with E-state index in [1.54, 1.807) is 4.90 Å². The summed E-state index contributed by atoms with van der Waals surface area (Å²) < 4.78 is 16.6. The summed E-state index contributed by atoms with van der Waals surface area (Å²) in [5, 5.41) is 4.10. The third-order valence-corrected chi connectivity index (χ3v) is 4.04. The van der Waals surface area contributed by atoms with Crippen molar-refractivity contribution >= 4 is 6.09 Å². The molecule has 0 saturated carbocycles. The molecule has 0 aliphatic carbocycles. The number of aromatic nitrogens is 2. The number of likely N-dealkylation sites (tertiary alicyclic amines) is 1. The summed E-state index contributed by atoms with van der Waals surface area (Å²) in [6.45, 7) is 8.65. The van der Waals surface area contributed by atoms with E-state index in [9.17, 15) is 4.79 Å². The first-order valence-electron chi connectivity index (χ1n) is 8.94. The van der Waals surface area contributed by atoms with E-state index in [1.165, 1.54) is 0 Å². The van der Waals surface area contributed by atoms with Crippen LogP contribution in [0.15, 0.2) is 28.8 Å². The lowest BCUT2D eigenvalue weighted by molar-refractivity contribution is 0.0199. The summed E-state index contributed by atoms with van der Waals surface area (Å²) in [5.41, 5.74) is 0.229. The number of hydrogen-bond donors (Lipinski definition) is 0. The second-order valence-electron chi connectivity index (χ2n) is 7.22. The molecule has 1 saturated heterocycles. The van der Waals surface area contributed by atoms with Gasteiger partial charge in [-0.05, 0) is 52.7 Å². The van der Waals surface area contributed by atoms with Crippen LogP contribution in [0.5, 0.6) is 5.75 Å². The van der Waals surface area contributed by atoms with Crippen molar-refractivity contribution in [1.29, 1.82) is 0 Å². The number of carbonyl (C=O) groups excluding carboxylic acids is 1. The monoisotopic (exact) mass is 359 g/mol. The molecule has 2 heterocycles. The van der Waals surface area contributed by atoms with Crippen LogP contribution in [0.4, 0.5) is 4.79 Å². The second-order valence-corrected chi connectivity index (χ2v) is 7.22. The summed E-state index contributed by atoms with van der Waals surface area (Å²) >= 11 is 0. The number of hydrogen-bond acceptors (Lipinski definition) is 6. The Kier molecular flexibility index (Phi) is 5.15. The van der Waals surface area contributed by atoms with E-state index in [0.717, 1.165) is 18.4 Å². The number of para-hydroxylation sites is 1. The molecule has 0 spiro atoms. The Morgan fingerprint density at radius 2 is 2.12 bits per heavy atom. The first-order valence-corrected chi connectivity index (χ1v) is 8.94. The standard InChI is InChI=1S/C19H25N3O4/c1-5-24-15-11-7-6-9-13(15)16-20-17(26-21-16)14-10-8-12-22(14)18(23)25-19(2,3)4/h6-7,9,11,14H,5,8,10,12H2,1-4H3. The lowest BCUT2D eigenvalue weighted by Crippen LogP contribution is -2.36. The summed E-state index contributed by atoms with van der Waals surface area (Å²) in [7, 11) is 0. The maximum Gasteiger partial charge on any atom is 0.410 e. The van der Waals surface area contributed by atoms with Crippen molar-refractivity contribution in [1.82, 2.24) is 15.0 Å². The molecule has 26 heavy (non-hydrogen) atoms. The molecule has 2 aromatic rings. The van der Waals surface area contributed by atoms with Crippen molar-refractivity contribution < 1.29 is 18.8 Å². The molecule has 1 fully saturated rings. The van der Waals surface area contributed by atoms with E-state index in [-0.39, 0.29) is 12.1 Å². The molecular weight excluding hydrogens is 334 g/mol. The Balaban J connectivity index is 1.82. The molecular formula is C19H25N3O4. The van der Waals surface area contributed by atoms with Crippen LogP contribution in [-0.2, 0) is 4.74 Å². The van der Waals surface area contributed by atoms with Gasteiger partial charge in [-0.25, -0.2) is 4.79 Å². The maximum atomic E-state index is 12.5. The zero-order valence-electron chi connectivity index (χ0n) is 15.7. The Hall–Kier alpha value is -2.57. The van der Waals surface area contributed by atoms with Crippen LogP contribution in [0.1, 0.15) is 52.5 Å². The van der Waals surface area contributed by atoms with Crippen molar-refractivity contribution in [2.45, 2.75) is 52.2 Å². The topological polar surface area (TPSA) is 77.7 Å². The van der Waals surface area contributed by atoms with Crippen LogP contribution >= 0.6 is 0 Å². The largest absolute Gasteiger partial charge is 0.493 e. The van der Waals surface area contributed by atoms with Gasteiger partial charge in [0.2, 0.25) is 11.7 Å². The van der Waals surface area contributed by atoms with E-state index < -0.39 is 5.60 Å². The molecule has 0 N–H and O–H groups in total. The van der Waals surface area contributed by atoms with Crippen LogP contribution < -0.4 is 4.74 Å². The first-order chi connectivity index (χ1) is 12.4. The average molecular weight is 359 g/mol. The van der Waals surface area contributed by atoms with Crippen LogP contribution in [-0.4, -0.2) is 39.9 Å². The van der Waals surface area contributed by atoms with E-state index in [1.807, 2.05) is 52.0 Å². The maximum absolute atomic E-state index is 12.5. The van der Waals surface area contributed by atoms with E-state index in [4.69, 9.17) is 14.0 Å². The van der Waals surface area contributed by atoms with Gasteiger partial charge in [0.25, 0.3) is 0 Å². The van der Waals surface area contributed by atoms with Gasteiger partial charge in [0.05, 0.1) is 12.2 Å². The number of carbonyl (C=O) groups is 1. The molecule has 7 nitrogen and oxygen atoms in total. The van der Waals surface area contributed by atoms with Crippen LogP contribution in [0, 0.1) is 0 Å². The molecule has 1 atom stereocenters. The highest BCUT2D eigenvalue weighted by molar-refractivity contribution is 5.69. The highest BCUT2D eigenvalue weighted by Crippen LogP contribution is 2.34. The summed E-state index contributed by atoms with van der Waals surface area (Å²) in [5.74, 6) is 1.59. The molecule has 1 aliphatic rings. The van der Waals surface area contributed by atoms with E-state index in [0.29, 0.717) is 30.6 Å². The number of amides is 1. The van der Waals surface area contributed by atoms with E-state index >= 15 is 0 Å². The number of rotatable bonds is 4. The van der Waals surface area contributed by atoms with Crippen molar-refractivity contribution in [2.75, 3.05) is 13.2 Å². The van der Waals surface area contributed by atoms with Crippen LogP contribution in [0.25, 0.3) is 11.4 Å². The highest BCUT2D eigenvalue weighted by atomic mass is 16.6. The zero-order chi connectivity index (χ0) is 18.7. The fourth-order valence-electron chi connectivity index (χ4n) is 2.98. The van der Waals surface area contributed by atoms with Crippen molar-refractivity contribution in [3.63, 3.8) is 0 Å². The Morgan fingerprint density at radius 1 is 1.35 bits per heavy atom. The van der Waals surface area contributed by atoms with Gasteiger partial charge in [-0.15, -0.1) is 0 Å². The third-order valence-electron chi connectivity index (χ3n) is 4.04. The Morgan fingerprint density at radius 3 is 2.85 bits per heavy atom. The van der Waals surface area contributed by atoms with Gasteiger partial charge in [-0.2, -0.15) is 4.98 Å². The molecule has 1 amide bonds. The molecule has 0 radical (unpaired) electrons. The molecule has 1 aromatic heterocycles. The van der Waals surface area contributed by atoms with Gasteiger partial charge in [0, 0.05) is 6.54 Å². The molecule has 1 aliphatic heterocycles. The van der Waals surface area contributed by atoms with Gasteiger partial charge in [-0.3, -0.25) is 4.90 Å². The summed E-state index contributed by atoms with van der Waals surface area (Å²) in [6, 6.07) is 7.30. The molecule has 7 heteroatoms. The van der Waals surface area contributed by atoms with Crippen molar-refractivity contribution in [2.24, 2.45) is 0 Å². The smallest absolute Gasteiger partial charge is 0.410 e. The SMILES string of the molecule is CCOc1ccccc1-c1noc(C2CCCN2C(=O)OC(C)(C)C)n1. The Labute approximate surface area is 153 Å². The molecule has 0 bridgehead atoms. The normalized spacial score (nSPS) is 17.4. The first kappa shape index (κ1) is 18.2. The fraction of sp³-hybridized carbons (Fsp3) is 0.526. The molecule has 1 unspecified atom stereocenters. The number of benzene rings is 1. The number of nitrogens with zero attached hydrogens (tertiary/aromatic N) is 3. The van der Waals surface area contributed by atoms with Gasteiger partial charge in [-0.1, -0.05) is 17.3 Å². The quantitative estimate of drug-likeness (QED) is 0.814. The fourth-order valence-corrected chi connectivity index (χ4v) is 2.98. The Bertz CT molecular complexity index is 766. The van der Waals surface area contributed by atoms with Gasteiger partial charge >= 0.3 is 6.09 Å². The summed E-state index contributed by atoms with van der Waals surface area (Å²) in [6.07, 6.45) is 1.29. The minimum Gasteiger partial charge on any atom is -0.493 e. The second kappa shape index (κ2) is 7.35. The third kappa shape index (κ3) is 3.98. The van der Waals surface area contributed by atoms with Gasteiger partial charge in [0.1, 0.15) is 17.4 Å². The van der Waals surface area contributed by atoms with Crippen molar-refractivity contribution in [3.05, 3.63) is 30.2 Å². The molecule has 140 valence electrons. The van der Waals surface area contributed by atoms with Crippen molar-refractivity contribution in [3.8, 4) is 17.1 Å². The predicted molar refractivity (Wildman–Crippen MR) is 95.8 cm³/mol. The average Bonchev–Trinajstić information content (AvgIpc) is 3.23. The van der Waals surface area contributed by atoms with Gasteiger partial charge in [0.15, 0.2) is 0 Å². The van der Waals surface area contributed by atoms with Crippen LogP contribution in [0.3, 0.4) is 0 Å². The molecule has 3 rings (SSSR count). The number of ether oxygens (including phenoxy) is 2. The van der Waals surface area contributed by atoms with E-state index in [2.05, 4.69) is 10.1 Å². The zero-order valence-corrected chi connectivity index (χ0v) is 15.7. The highest BCUT2D eigenvalue weighted by Gasteiger charge is 2.36. The lowest BCUT2D eigenvalue weighted by atomic mass is 10.2.